The van der Waals surface area contributed by atoms with Gasteiger partial charge in [-0.25, -0.2) is 0 Å². The molecule has 1 heterocycles. The molecular formula is C14H20BrN. The van der Waals surface area contributed by atoms with Crippen molar-refractivity contribution in [1.29, 1.82) is 0 Å². The number of likely N-dealkylation sites (tertiary alicyclic amines) is 1. The van der Waals surface area contributed by atoms with Gasteiger partial charge in [0, 0.05) is 11.0 Å². The molecule has 1 aliphatic rings. The average Bonchev–Trinajstić information content (AvgIpc) is 2.24. The van der Waals surface area contributed by atoms with Gasteiger partial charge < -0.3 is 0 Å². The van der Waals surface area contributed by atoms with E-state index in [9.17, 15) is 0 Å². The monoisotopic (exact) mass is 281 g/mol. The van der Waals surface area contributed by atoms with Gasteiger partial charge in [-0.2, -0.15) is 0 Å². The summed E-state index contributed by atoms with van der Waals surface area (Å²) < 4.78 is 1.16. The first-order valence-corrected chi connectivity index (χ1v) is 6.81. The van der Waals surface area contributed by atoms with Crippen LogP contribution in [0.3, 0.4) is 0 Å². The number of hydrogen-bond donors (Lipinski definition) is 0. The lowest BCUT2D eigenvalue weighted by Gasteiger charge is -2.36. The van der Waals surface area contributed by atoms with Gasteiger partial charge >= 0.3 is 0 Å². The van der Waals surface area contributed by atoms with Gasteiger partial charge in [0.2, 0.25) is 0 Å². The fourth-order valence-corrected chi connectivity index (χ4v) is 2.43. The van der Waals surface area contributed by atoms with Crippen molar-refractivity contribution in [1.82, 2.24) is 4.90 Å². The minimum atomic E-state index is 0.552. The van der Waals surface area contributed by atoms with E-state index >= 15 is 0 Å². The molecule has 0 bridgehead atoms. The maximum Gasteiger partial charge on any atom is 0.0233 e. The molecule has 0 radical (unpaired) electrons. The van der Waals surface area contributed by atoms with Crippen LogP contribution >= 0.6 is 15.9 Å². The fourth-order valence-electron chi connectivity index (χ4n) is 2.16. The number of nitrogens with zero attached hydrogens (tertiary/aromatic N) is 1. The number of halogens is 1. The Hall–Kier alpha value is -0.340. The third-order valence-corrected chi connectivity index (χ3v) is 4.06. The summed E-state index contributed by atoms with van der Waals surface area (Å²) in [5.74, 6) is 0. The molecule has 0 spiro atoms. The Balaban J connectivity index is 1.89. The van der Waals surface area contributed by atoms with Crippen LogP contribution in [0.2, 0.25) is 0 Å². The highest BCUT2D eigenvalue weighted by molar-refractivity contribution is 9.10. The van der Waals surface area contributed by atoms with Crippen LogP contribution in [0.4, 0.5) is 0 Å². The molecular weight excluding hydrogens is 262 g/mol. The van der Waals surface area contributed by atoms with Crippen LogP contribution in [0.15, 0.2) is 28.7 Å². The van der Waals surface area contributed by atoms with Gasteiger partial charge in [-0.15, -0.1) is 0 Å². The van der Waals surface area contributed by atoms with Gasteiger partial charge in [-0.3, -0.25) is 4.90 Å². The first-order chi connectivity index (χ1) is 7.55. The number of hydrogen-bond acceptors (Lipinski definition) is 1. The molecule has 0 aliphatic carbocycles. The van der Waals surface area contributed by atoms with Gasteiger partial charge in [-0.05, 0) is 49.0 Å². The second-order valence-corrected chi connectivity index (χ2v) is 6.48. The van der Waals surface area contributed by atoms with E-state index in [-0.39, 0.29) is 0 Å². The zero-order valence-corrected chi connectivity index (χ0v) is 11.8. The number of rotatable bonds is 2. The van der Waals surface area contributed by atoms with E-state index in [2.05, 4.69) is 58.9 Å². The standard InChI is InChI=1S/C14H20BrN/c1-14(2)7-9-16(10-8-14)11-12-3-5-13(15)6-4-12/h3-6H,7-11H2,1-2H3. The van der Waals surface area contributed by atoms with E-state index in [4.69, 9.17) is 0 Å². The maximum absolute atomic E-state index is 3.47. The summed E-state index contributed by atoms with van der Waals surface area (Å²) in [6.45, 7) is 8.34. The maximum atomic E-state index is 3.47. The van der Waals surface area contributed by atoms with E-state index in [0.717, 1.165) is 11.0 Å². The third-order valence-electron chi connectivity index (χ3n) is 3.53. The smallest absolute Gasteiger partial charge is 0.0233 e. The van der Waals surface area contributed by atoms with Crippen molar-refractivity contribution in [2.24, 2.45) is 5.41 Å². The van der Waals surface area contributed by atoms with Crippen LogP contribution < -0.4 is 0 Å². The van der Waals surface area contributed by atoms with E-state index < -0.39 is 0 Å². The van der Waals surface area contributed by atoms with Crippen LogP contribution in [0, 0.1) is 5.41 Å². The molecule has 2 heteroatoms. The highest BCUT2D eigenvalue weighted by Crippen LogP contribution is 2.30. The molecule has 0 amide bonds. The highest BCUT2D eigenvalue weighted by atomic mass is 79.9. The first-order valence-electron chi connectivity index (χ1n) is 6.02. The molecule has 0 N–H and O–H groups in total. The second kappa shape index (κ2) is 4.89. The van der Waals surface area contributed by atoms with Crippen LogP contribution in [0.25, 0.3) is 0 Å². The number of benzene rings is 1. The minimum Gasteiger partial charge on any atom is -0.299 e. The molecule has 1 aromatic rings. The SMILES string of the molecule is CC1(C)CCN(Cc2ccc(Br)cc2)CC1. The quantitative estimate of drug-likeness (QED) is 0.790. The summed E-state index contributed by atoms with van der Waals surface area (Å²) in [5, 5.41) is 0. The van der Waals surface area contributed by atoms with Gasteiger partial charge in [0.05, 0.1) is 0 Å². The van der Waals surface area contributed by atoms with Crippen molar-refractivity contribution in [3.63, 3.8) is 0 Å². The summed E-state index contributed by atoms with van der Waals surface area (Å²) >= 11 is 3.47. The van der Waals surface area contributed by atoms with Crippen LogP contribution in [0.1, 0.15) is 32.3 Å². The fraction of sp³-hybridized carbons (Fsp3) is 0.571. The van der Waals surface area contributed by atoms with Gasteiger partial charge in [0.1, 0.15) is 0 Å². The second-order valence-electron chi connectivity index (χ2n) is 5.57. The third kappa shape index (κ3) is 3.33. The summed E-state index contributed by atoms with van der Waals surface area (Å²) in [6, 6.07) is 8.68. The Bertz CT molecular complexity index is 332. The summed E-state index contributed by atoms with van der Waals surface area (Å²) in [4.78, 5) is 2.56. The van der Waals surface area contributed by atoms with Crippen molar-refractivity contribution in [2.75, 3.05) is 13.1 Å². The summed E-state index contributed by atoms with van der Waals surface area (Å²) in [6.07, 6.45) is 2.65. The minimum absolute atomic E-state index is 0.552. The van der Waals surface area contributed by atoms with Crippen molar-refractivity contribution >= 4 is 15.9 Å². The predicted octanol–water partition coefficient (Wildman–Crippen LogP) is 4.07. The first kappa shape index (κ1) is 12.1. The van der Waals surface area contributed by atoms with Crippen molar-refractivity contribution in [3.8, 4) is 0 Å². The molecule has 1 aliphatic heterocycles. The molecule has 1 nitrogen and oxygen atoms in total. The lowest BCUT2D eigenvalue weighted by molar-refractivity contribution is 0.127. The zero-order chi connectivity index (χ0) is 11.6. The highest BCUT2D eigenvalue weighted by Gasteiger charge is 2.24. The van der Waals surface area contributed by atoms with Gasteiger partial charge in [0.25, 0.3) is 0 Å². The molecule has 0 atom stereocenters. The largest absolute Gasteiger partial charge is 0.299 e. The van der Waals surface area contributed by atoms with Gasteiger partial charge in [-0.1, -0.05) is 41.9 Å². The van der Waals surface area contributed by atoms with Crippen LogP contribution in [0.5, 0.6) is 0 Å². The zero-order valence-electron chi connectivity index (χ0n) is 10.2. The van der Waals surface area contributed by atoms with E-state index in [1.54, 1.807) is 0 Å². The molecule has 1 aromatic carbocycles. The van der Waals surface area contributed by atoms with E-state index in [1.165, 1.54) is 31.5 Å². The Kier molecular flexibility index (Phi) is 3.70. The molecule has 88 valence electrons. The average molecular weight is 282 g/mol. The molecule has 1 saturated heterocycles. The topological polar surface area (TPSA) is 3.24 Å². The molecule has 16 heavy (non-hydrogen) atoms. The summed E-state index contributed by atoms with van der Waals surface area (Å²) in [5.41, 5.74) is 1.97. The van der Waals surface area contributed by atoms with Crippen LogP contribution in [-0.2, 0) is 6.54 Å². The molecule has 2 rings (SSSR count). The normalized spacial score (nSPS) is 20.9. The molecule has 1 fully saturated rings. The number of piperidine rings is 1. The molecule has 0 unspecified atom stereocenters. The molecule has 0 saturated carbocycles. The van der Waals surface area contributed by atoms with Crippen molar-refractivity contribution in [2.45, 2.75) is 33.2 Å². The Morgan fingerprint density at radius 1 is 1.12 bits per heavy atom. The predicted molar refractivity (Wildman–Crippen MR) is 72.4 cm³/mol. The molecule has 0 aromatic heterocycles. The Morgan fingerprint density at radius 2 is 1.69 bits per heavy atom. The van der Waals surface area contributed by atoms with Crippen LogP contribution in [-0.4, -0.2) is 18.0 Å². The van der Waals surface area contributed by atoms with E-state index in [0.29, 0.717) is 5.41 Å². The lowest BCUT2D eigenvalue weighted by atomic mass is 9.82. The lowest BCUT2D eigenvalue weighted by Crippen LogP contribution is -2.36. The Morgan fingerprint density at radius 3 is 2.25 bits per heavy atom. The summed E-state index contributed by atoms with van der Waals surface area (Å²) in [7, 11) is 0. The van der Waals surface area contributed by atoms with E-state index in [1.807, 2.05) is 0 Å². The van der Waals surface area contributed by atoms with Crippen molar-refractivity contribution < 1.29 is 0 Å². The van der Waals surface area contributed by atoms with Gasteiger partial charge in [0.15, 0.2) is 0 Å². The van der Waals surface area contributed by atoms with Crippen molar-refractivity contribution in [3.05, 3.63) is 34.3 Å². The Labute approximate surface area is 107 Å².